The summed E-state index contributed by atoms with van der Waals surface area (Å²) in [6.07, 6.45) is 1.59. The SMILES string of the molecule is NC(=NO)c1cc(CSc2cccc(F)c2)ccn1. The highest BCUT2D eigenvalue weighted by Crippen LogP contribution is 2.23. The van der Waals surface area contributed by atoms with Crippen LogP contribution in [0.2, 0.25) is 0 Å². The number of hydrogen-bond donors (Lipinski definition) is 2. The van der Waals surface area contributed by atoms with Gasteiger partial charge in [0, 0.05) is 16.8 Å². The van der Waals surface area contributed by atoms with Gasteiger partial charge in [0.2, 0.25) is 0 Å². The van der Waals surface area contributed by atoms with E-state index in [2.05, 4.69) is 10.1 Å². The molecule has 2 rings (SSSR count). The zero-order valence-electron chi connectivity index (χ0n) is 9.95. The molecule has 3 N–H and O–H groups in total. The Bertz CT molecular complexity index is 604. The number of benzene rings is 1. The van der Waals surface area contributed by atoms with Crippen LogP contribution in [-0.4, -0.2) is 16.0 Å². The summed E-state index contributed by atoms with van der Waals surface area (Å²) >= 11 is 1.50. The van der Waals surface area contributed by atoms with Crippen molar-refractivity contribution in [2.75, 3.05) is 0 Å². The summed E-state index contributed by atoms with van der Waals surface area (Å²) in [6.45, 7) is 0. The Balaban J connectivity index is 2.08. The lowest BCUT2D eigenvalue weighted by Gasteiger charge is -2.04. The number of nitrogens with two attached hydrogens (primary N) is 1. The molecule has 0 bridgehead atoms. The van der Waals surface area contributed by atoms with E-state index in [0.717, 1.165) is 10.5 Å². The van der Waals surface area contributed by atoms with Crippen molar-refractivity contribution in [1.82, 2.24) is 4.98 Å². The van der Waals surface area contributed by atoms with E-state index >= 15 is 0 Å². The lowest BCUT2D eigenvalue weighted by Crippen LogP contribution is -2.15. The van der Waals surface area contributed by atoms with E-state index in [0.29, 0.717) is 11.4 Å². The van der Waals surface area contributed by atoms with Crippen LogP contribution in [0.3, 0.4) is 0 Å². The topological polar surface area (TPSA) is 71.5 Å². The number of oxime groups is 1. The summed E-state index contributed by atoms with van der Waals surface area (Å²) in [5.74, 6) is 0.368. The van der Waals surface area contributed by atoms with Gasteiger partial charge in [0.1, 0.15) is 11.5 Å². The maximum atomic E-state index is 13.0. The Labute approximate surface area is 114 Å². The molecule has 0 aliphatic carbocycles. The van der Waals surface area contributed by atoms with E-state index in [4.69, 9.17) is 10.9 Å². The molecule has 0 amide bonds. The number of pyridine rings is 1. The smallest absolute Gasteiger partial charge is 0.188 e. The van der Waals surface area contributed by atoms with Gasteiger partial charge in [-0.2, -0.15) is 0 Å². The summed E-state index contributed by atoms with van der Waals surface area (Å²) in [6, 6.07) is 9.98. The van der Waals surface area contributed by atoms with Gasteiger partial charge in [-0.3, -0.25) is 4.98 Å². The van der Waals surface area contributed by atoms with Crippen molar-refractivity contribution in [1.29, 1.82) is 0 Å². The lowest BCUT2D eigenvalue weighted by atomic mass is 10.2. The summed E-state index contributed by atoms with van der Waals surface area (Å²) in [5.41, 5.74) is 6.85. The molecular formula is C13H12FN3OS. The second-order valence-electron chi connectivity index (χ2n) is 3.78. The minimum absolute atomic E-state index is 0.0300. The van der Waals surface area contributed by atoms with Crippen LogP contribution in [0, 0.1) is 5.82 Å². The van der Waals surface area contributed by atoms with Crippen molar-refractivity contribution in [3.05, 3.63) is 59.7 Å². The van der Waals surface area contributed by atoms with Crippen LogP contribution in [0.1, 0.15) is 11.3 Å². The van der Waals surface area contributed by atoms with E-state index < -0.39 is 0 Å². The molecule has 1 aromatic carbocycles. The predicted molar refractivity (Wildman–Crippen MR) is 72.7 cm³/mol. The maximum Gasteiger partial charge on any atom is 0.188 e. The third-order valence-corrected chi connectivity index (χ3v) is 3.46. The van der Waals surface area contributed by atoms with E-state index in [1.54, 1.807) is 18.3 Å². The van der Waals surface area contributed by atoms with Gasteiger partial charge >= 0.3 is 0 Å². The van der Waals surface area contributed by atoms with Crippen LogP contribution in [-0.2, 0) is 5.75 Å². The van der Waals surface area contributed by atoms with Gasteiger partial charge in [0.05, 0.1) is 0 Å². The number of halogens is 1. The highest BCUT2D eigenvalue weighted by Gasteiger charge is 2.03. The summed E-state index contributed by atoms with van der Waals surface area (Å²) in [4.78, 5) is 4.84. The van der Waals surface area contributed by atoms with Crippen molar-refractivity contribution in [2.45, 2.75) is 10.6 Å². The third kappa shape index (κ3) is 3.69. The first-order valence-electron chi connectivity index (χ1n) is 5.50. The fourth-order valence-corrected chi connectivity index (χ4v) is 2.36. The Morgan fingerprint density at radius 2 is 2.21 bits per heavy atom. The number of hydrogen-bond acceptors (Lipinski definition) is 4. The number of amidine groups is 1. The molecule has 2 aromatic rings. The van der Waals surface area contributed by atoms with Crippen molar-refractivity contribution >= 4 is 17.6 Å². The van der Waals surface area contributed by atoms with Gasteiger partial charge in [-0.25, -0.2) is 4.39 Å². The first kappa shape index (κ1) is 13.4. The zero-order chi connectivity index (χ0) is 13.7. The zero-order valence-corrected chi connectivity index (χ0v) is 10.8. The Morgan fingerprint density at radius 1 is 1.37 bits per heavy atom. The molecule has 0 saturated carbocycles. The average molecular weight is 277 g/mol. The number of thioether (sulfide) groups is 1. The summed E-state index contributed by atoms with van der Waals surface area (Å²) in [5, 5.41) is 11.5. The van der Waals surface area contributed by atoms with E-state index in [9.17, 15) is 4.39 Å². The third-order valence-electron chi connectivity index (χ3n) is 2.40. The molecule has 0 radical (unpaired) electrons. The molecule has 4 nitrogen and oxygen atoms in total. The predicted octanol–water partition coefficient (Wildman–Crippen LogP) is 2.61. The fourth-order valence-electron chi connectivity index (χ4n) is 1.48. The number of aromatic nitrogens is 1. The van der Waals surface area contributed by atoms with E-state index in [-0.39, 0.29) is 11.7 Å². The Morgan fingerprint density at radius 3 is 2.95 bits per heavy atom. The number of nitrogens with zero attached hydrogens (tertiary/aromatic N) is 2. The van der Waals surface area contributed by atoms with Gasteiger partial charge in [-0.1, -0.05) is 11.2 Å². The lowest BCUT2D eigenvalue weighted by molar-refractivity contribution is 0.318. The molecule has 0 atom stereocenters. The van der Waals surface area contributed by atoms with Gasteiger partial charge in [0.25, 0.3) is 0 Å². The Hall–Kier alpha value is -2.08. The minimum Gasteiger partial charge on any atom is -0.409 e. The maximum absolute atomic E-state index is 13.0. The Kier molecular flexibility index (Phi) is 4.35. The standard InChI is InChI=1S/C13H12FN3OS/c14-10-2-1-3-11(7-10)19-8-9-4-5-16-12(6-9)13(15)17-18/h1-7,18H,8H2,(H2,15,17). The van der Waals surface area contributed by atoms with Crippen LogP contribution in [0.5, 0.6) is 0 Å². The normalized spacial score (nSPS) is 11.5. The highest BCUT2D eigenvalue weighted by atomic mass is 32.2. The second kappa shape index (κ2) is 6.19. The van der Waals surface area contributed by atoms with Crippen LogP contribution in [0.15, 0.2) is 52.6 Å². The molecular weight excluding hydrogens is 265 g/mol. The molecule has 0 spiro atoms. The highest BCUT2D eigenvalue weighted by molar-refractivity contribution is 7.98. The molecule has 98 valence electrons. The van der Waals surface area contributed by atoms with E-state index in [1.807, 2.05) is 12.1 Å². The van der Waals surface area contributed by atoms with Crippen LogP contribution in [0.4, 0.5) is 4.39 Å². The molecule has 1 heterocycles. The average Bonchev–Trinajstić information content (AvgIpc) is 2.45. The second-order valence-corrected chi connectivity index (χ2v) is 4.83. The van der Waals surface area contributed by atoms with Crippen molar-refractivity contribution in [3.8, 4) is 0 Å². The monoisotopic (exact) mass is 277 g/mol. The van der Waals surface area contributed by atoms with Crippen LogP contribution < -0.4 is 5.73 Å². The number of rotatable bonds is 4. The van der Waals surface area contributed by atoms with E-state index in [1.165, 1.54) is 23.9 Å². The quantitative estimate of drug-likeness (QED) is 0.296. The van der Waals surface area contributed by atoms with Crippen LogP contribution >= 0.6 is 11.8 Å². The molecule has 0 aliphatic heterocycles. The first-order valence-corrected chi connectivity index (χ1v) is 6.49. The molecule has 0 aliphatic rings. The first-order chi connectivity index (χ1) is 9.19. The molecule has 0 unspecified atom stereocenters. The van der Waals surface area contributed by atoms with Crippen molar-refractivity contribution in [3.63, 3.8) is 0 Å². The summed E-state index contributed by atoms with van der Waals surface area (Å²) < 4.78 is 13.0. The largest absolute Gasteiger partial charge is 0.409 e. The fraction of sp³-hybridized carbons (Fsp3) is 0.0769. The molecule has 6 heteroatoms. The van der Waals surface area contributed by atoms with Gasteiger partial charge in [0.15, 0.2) is 5.84 Å². The van der Waals surface area contributed by atoms with Crippen molar-refractivity contribution < 1.29 is 9.60 Å². The van der Waals surface area contributed by atoms with Crippen LogP contribution in [0.25, 0.3) is 0 Å². The summed E-state index contributed by atoms with van der Waals surface area (Å²) in [7, 11) is 0. The minimum atomic E-state index is -0.253. The van der Waals surface area contributed by atoms with Gasteiger partial charge in [-0.15, -0.1) is 11.8 Å². The van der Waals surface area contributed by atoms with Gasteiger partial charge in [-0.05, 0) is 35.9 Å². The molecule has 0 saturated heterocycles. The molecule has 0 fully saturated rings. The molecule has 1 aromatic heterocycles. The molecule has 19 heavy (non-hydrogen) atoms. The van der Waals surface area contributed by atoms with Crippen molar-refractivity contribution in [2.24, 2.45) is 10.9 Å². The van der Waals surface area contributed by atoms with Gasteiger partial charge < -0.3 is 10.9 Å².